The normalized spacial score (nSPS) is 18.1. The molecule has 0 amide bonds. The minimum atomic E-state index is -0.472. The van der Waals surface area contributed by atoms with Crippen LogP contribution in [0.5, 0.6) is 0 Å². The molecule has 0 bridgehead atoms. The molecule has 0 saturated heterocycles. The van der Waals surface area contributed by atoms with E-state index in [1.807, 2.05) is 6.92 Å². The van der Waals surface area contributed by atoms with Crippen LogP contribution in [0.15, 0.2) is 20.7 Å². The van der Waals surface area contributed by atoms with E-state index in [0.29, 0.717) is 6.61 Å². The predicted molar refractivity (Wildman–Crippen MR) is 25.1 cm³/mol. The van der Waals surface area contributed by atoms with Crippen LogP contribution in [0.3, 0.4) is 0 Å². The van der Waals surface area contributed by atoms with E-state index in [1.165, 1.54) is 0 Å². The highest BCUT2D eigenvalue weighted by Gasteiger charge is 2.05. The Balaban J connectivity index is 2.27. The lowest BCUT2D eigenvalue weighted by Gasteiger charge is -1.96. The highest BCUT2D eigenvalue weighted by Crippen LogP contribution is 2.04. The Morgan fingerprint density at radius 2 is 2.00 bits per heavy atom. The average molecular weight is 114 g/mol. The molecular formula is C3H6N4O. The van der Waals surface area contributed by atoms with Crippen molar-refractivity contribution in [1.29, 1.82) is 0 Å². The van der Waals surface area contributed by atoms with Crippen LogP contribution in [0.1, 0.15) is 6.92 Å². The van der Waals surface area contributed by atoms with Crippen molar-refractivity contribution in [3.05, 3.63) is 0 Å². The number of hydrogen-bond donors (Lipinski definition) is 0. The molecule has 1 heterocycles. The zero-order valence-electron chi connectivity index (χ0n) is 4.48. The molecule has 5 heteroatoms. The number of hydrogen-bond acceptors (Lipinski definition) is 5. The summed E-state index contributed by atoms with van der Waals surface area (Å²) in [5.41, 5.74) is 0. The van der Waals surface area contributed by atoms with Gasteiger partial charge in [0.15, 0.2) is 0 Å². The largest absolute Gasteiger partial charge is 0.336 e. The molecule has 0 aromatic heterocycles. The molecule has 0 spiro atoms. The quantitative estimate of drug-likeness (QED) is 0.531. The molecule has 0 radical (unpaired) electrons. The first kappa shape index (κ1) is 5.30. The van der Waals surface area contributed by atoms with E-state index in [-0.39, 0.29) is 0 Å². The molecule has 1 aliphatic rings. The topological polar surface area (TPSA) is 58.7 Å². The van der Waals surface area contributed by atoms with Crippen molar-refractivity contribution in [1.82, 2.24) is 0 Å². The van der Waals surface area contributed by atoms with Gasteiger partial charge >= 0.3 is 0 Å². The molecular weight excluding hydrogens is 108 g/mol. The van der Waals surface area contributed by atoms with Gasteiger partial charge in [0.1, 0.15) is 0 Å². The van der Waals surface area contributed by atoms with Gasteiger partial charge in [0, 0.05) is 6.61 Å². The third-order valence-electron chi connectivity index (χ3n) is 0.657. The van der Waals surface area contributed by atoms with Crippen LogP contribution in [-0.4, -0.2) is 13.0 Å². The zero-order chi connectivity index (χ0) is 5.82. The van der Waals surface area contributed by atoms with Crippen molar-refractivity contribution in [3.63, 3.8) is 0 Å². The van der Waals surface area contributed by atoms with E-state index in [4.69, 9.17) is 4.74 Å². The van der Waals surface area contributed by atoms with Crippen LogP contribution < -0.4 is 0 Å². The number of nitrogens with zero attached hydrogens (tertiary/aromatic N) is 4. The van der Waals surface area contributed by atoms with Crippen molar-refractivity contribution in [2.45, 2.75) is 13.3 Å². The Morgan fingerprint density at radius 3 is 2.50 bits per heavy atom. The third kappa shape index (κ3) is 1.06. The SMILES string of the molecule is CCOC1N=NN=N1. The van der Waals surface area contributed by atoms with E-state index in [1.54, 1.807) is 0 Å². The standard InChI is InChI=1S/C3H6N4O/c1-2-8-3-4-6-7-5-3/h3H,2H2,1H3. The molecule has 1 rings (SSSR count). The summed E-state index contributed by atoms with van der Waals surface area (Å²) in [6.07, 6.45) is -0.472. The van der Waals surface area contributed by atoms with Crippen molar-refractivity contribution in [2.75, 3.05) is 6.61 Å². The maximum absolute atomic E-state index is 4.88. The molecule has 0 unspecified atom stereocenters. The Kier molecular flexibility index (Phi) is 1.63. The van der Waals surface area contributed by atoms with Crippen LogP contribution in [0, 0.1) is 0 Å². The summed E-state index contributed by atoms with van der Waals surface area (Å²) in [5.74, 6) is 0. The molecule has 0 saturated carbocycles. The number of rotatable bonds is 2. The second-order valence-corrected chi connectivity index (χ2v) is 1.19. The second-order valence-electron chi connectivity index (χ2n) is 1.19. The molecule has 8 heavy (non-hydrogen) atoms. The smallest absolute Gasteiger partial charge is 0.287 e. The minimum absolute atomic E-state index is 0.472. The van der Waals surface area contributed by atoms with Crippen LogP contribution in [-0.2, 0) is 4.74 Å². The number of ether oxygens (including phenoxy) is 1. The molecule has 0 N–H and O–H groups in total. The van der Waals surface area contributed by atoms with Crippen molar-refractivity contribution in [3.8, 4) is 0 Å². The van der Waals surface area contributed by atoms with Gasteiger partial charge in [0.25, 0.3) is 6.35 Å². The zero-order valence-corrected chi connectivity index (χ0v) is 4.48. The lowest BCUT2D eigenvalue weighted by Crippen LogP contribution is -2.01. The van der Waals surface area contributed by atoms with Gasteiger partial charge < -0.3 is 4.74 Å². The summed E-state index contributed by atoms with van der Waals surface area (Å²) in [6, 6.07) is 0. The van der Waals surface area contributed by atoms with Crippen LogP contribution in [0.25, 0.3) is 0 Å². The first-order valence-corrected chi connectivity index (χ1v) is 2.35. The van der Waals surface area contributed by atoms with Crippen molar-refractivity contribution in [2.24, 2.45) is 20.7 Å². The minimum Gasteiger partial charge on any atom is -0.336 e. The lowest BCUT2D eigenvalue weighted by molar-refractivity contribution is 0.0740. The van der Waals surface area contributed by atoms with Crippen LogP contribution >= 0.6 is 0 Å². The summed E-state index contributed by atoms with van der Waals surface area (Å²) in [7, 11) is 0. The Morgan fingerprint density at radius 1 is 1.38 bits per heavy atom. The van der Waals surface area contributed by atoms with Gasteiger partial charge in [-0.3, -0.25) is 0 Å². The second kappa shape index (κ2) is 2.46. The molecule has 0 fully saturated rings. The predicted octanol–water partition coefficient (Wildman–Crippen LogP) is 1.14. The van der Waals surface area contributed by atoms with E-state index in [0.717, 1.165) is 0 Å². The van der Waals surface area contributed by atoms with E-state index < -0.39 is 6.35 Å². The van der Waals surface area contributed by atoms with Crippen molar-refractivity contribution >= 4 is 0 Å². The first-order chi connectivity index (χ1) is 3.93. The van der Waals surface area contributed by atoms with Crippen molar-refractivity contribution < 1.29 is 4.74 Å². The van der Waals surface area contributed by atoms with Crippen LogP contribution in [0.2, 0.25) is 0 Å². The van der Waals surface area contributed by atoms with E-state index in [9.17, 15) is 0 Å². The van der Waals surface area contributed by atoms with Gasteiger partial charge in [-0.2, -0.15) is 0 Å². The lowest BCUT2D eigenvalue weighted by atomic mass is 10.8. The molecule has 0 aliphatic carbocycles. The summed E-state index contributed by atoms with van der Waals surface area (Å²) in [5, 5.41) is 13.5. The Hall–Kier alpha value is -0.840. The van der Waals surface area contributed by atoms with E-state index >= 15 is 0 Å². The highest BCUT2D eigenvalue weighted by molar-refractivity contribution is 4.45. The maximum Gasteiger partial charge on any atom is 0.287 e. The van der Waals surface area contributed by atoms with Gasteiger partial charge in [0.05, 0.1) is 0 Å². The molecule has 0 aromatic rings. The van der Waals surface area contributed by atoms with E-state index in [2.05, 4.69) is 20.7 Å². The molecule has 5 nitrogen and oxygen atoms in total. The monoisotopic (exact) mass is 114 g/mol. The Bertz CT molecular complexity index is 108. The summed E-state index contributed by atoms with van der Waals surface area (Å²) >= 11 is 0. The Labute approximate surface area is 46.4 Å². The van der Waals surface area contributed by atoms with Gasteiger partial charge in [-0.25, -0.2) is 0 Å². The first-order valence-electron chi connectivity index (χ1n) is 2.35. The summed E-state index contributed by atoms with van der Waals surface area (Å²) in [4.78, 5) is 0. The fraction of sp³-hybridized carbons (Fsp3) is 1.00. The van der Waals surface area contributed by atoms with Crippen LogP contribution in [0.4, 0.5) is 0 Å². The summed E-state index contributed by atoms with van der Waals surface area (Å²) < 4.78 is 4.88. The summed E-state index contributed by atoms with van der Waals surface area (Å²) in [6.45, 7) is 2.45. The fourth-order valence-corrected chi connectivity index (χ4v) is 0.373. The van der Waals surface area contributed by atoms with Gasteiger partial charge in [-0.15, -0.1) is 10.2 Å². The molecule has 0 atom stereocenters. The highest BCUT2D eigenvalue weighted by atomic mass is 16.5. The third-order valence-corrected chi connectivity index (χ3v) is 0.657. The molecule has 44 valence electrons. The van der Waals surface area contributed by atoms with Gasteiger partial charge in [-0.05, 0) is 17.4 Å². The fourth-order valence-electron chi connectivity index (χ4n) is 0.373. The molecule has 0 aromatic carbocycles. The average Bonchev–Trinajstić information content (AvgIpc) is 2.19. The maximum atomic E-state index is 4.88. The van der Waals surface area contributed by atoms with Gasteiger partial charge in [0.2, 0.25) is 0 Å². The molecule has 1 aliphatic heterocycles. The van der Waals surface area contributed by atoms with Gasteiger partial charge in [-0.1, -0.05) is 0 Å².